The van der Waals surface area contributed by atoms with Crippen LogP contribution in [-0.4, -0.2) is 52.2 Å². The number of fused-ring (bicyclic) bond motifs is 1. The molecule has 6 heteroatoms. The van der Waals surface area contributed by atoms with Gasteiger partial charge in [-0.3, -0.25) is 9.78 Å². The molecule has 4 rings (SSSR count). The highest BCUT2D eigenvalue weighted by molar-refractivity contribution is 5.77. The molecular formula is C27H37N3O3. The van der Waals surface area contributed by atoms with E-state index in [1.165, 1.54) is 11.1 Å². The standard InChI is InChI=1S/C27H37N3O3/c1-27(2,3)33-22-10-11-23(28-17-22)26(32)24(18-30-12-6-7-13-30)29-25(31)16-19-14-20-8-4-5-9-21(20)15-19/h4-5,8-11,17,19,24,26,32H,6-7,12-16,18H2,1-3H3,(H,29,31)/t24?,26-/m1/s1. The van der Waals surface area contributed by atoms with Gasteiger partial charge in [0.25, 0.3) is 0 Å². The summed E-state index contributed by atoms with van der Waals surface area (Å²) in [5.41, 5.74) is 2.94. The van der Waals surface area contributed by atoms with Crippen LogP contribution in [0, 0.1) is 5.92 Å². The molecule has 1 fully saturated rings. The van der Waals surface area contributed by atoms with Crippen molar-refractivity contribution in [2.45, 2.75) is 70.6 Å². The number of aliphatic hydroxyl groups excluding tert-OH is 1. The van der Waals surface area contributed by atoms with Gasteiger partial charge in [0.15, 0.2) is 0 Å². The molecule has 0 saturated carbocycles. The number of hydrogen-bond acceptors (Lipinski definition) is 5. The first-order chi connectivity index (χ1) is 15.8. The van der Waals surface area contributed by atoms with Crippen molar-refractivity contribution in [3.05, 3.63) is 59.4 Å². The van der Waals surface area contributed by atoms with Crippen LogP contribution in [0.25, 0.3) is 0 Å². The van der Waals surface area contributed by atoms with Crippen molar-refractivity contribution in [2.24, 2.45) is 5.92 Å². The molecule has 2 N–H and O–H groups in total. The van der Waals surface area contributed by atoms with Crippen LogP contribution >= 0.6 is 0 Å². The van der Waals surface area contributed by atoms with E-state index in [4.69, 9.17) is 4.74 Å². The lowest BCUT2D eigenvalue weighted by molar-refractivity contribution is -0.123. The average molecular weight is 452 g/mol. The van der Waals surface area contributed by atoms with Gasteiger partial charge >= 0.3 is 0 Å². The number of aromatic nitrogens is 1. The lowest BCUT2D eigenvalue weighted by Gasteiger charge is -2.29. The summed E-state index contributed by atoms with van der Waals surface area (Å²) in [6, 6.07) is 11.7. The Balaban J connectivity index is 1.40. The van der Waals surface area contributed by atoms with E-state index in [0.29, 0.717) is 30.3 Å². The Morgan fingerprint density at radius 3 is 2.39 bits per heavy atom. The van der Waals surface area contributed by atoms with Gasteiger partial charge in [-0.2, -0.15) is 0 Å². The number of amides is 1. The molecule has 178 valence electrons. The minimum atomic E-state index is -0.876. The van der Waals surface area contributed by atoms with Crippen LogP contribution in [0.1, 0.15) is 63.0 Å². The number of hydrogen-bond donors (Lipinski definition) is 2. The molecule has 2 heterocycles. The fourth-order valence-corrected chi connectivity index (χ4v) is 4.98. The number of benzene rings is 1. The number of likely N-dealkylation sites (tertiary alicyclic amines) is 1. The molecule has 1 unspecified atom stereocenters. The molecule has 1 amide bonds. The van der Waals surface area contributed by atoms with Gasteiger partial charge in [0, 0.05) is 13.0 Å². The number of rotatable bonds is 8. The van der Waals surface area contributed by atoms with Gasteiger partial charge in [-0.15, -0.1) is 0 Å². The minimum Gasteiger partial charge on any atom is -0.487 e. The SMILES string of the molecule is CC(C)(C)Oc1ccc([C@@H](O)C(CN2CCCC2)NC(=O)CC2Cc3ccccc3C2)nc1. The predicted molar refractivity (Wildman–Crippen MR) is 129 cm³/mol. The number of ether oxygens (including phenoxy) is 1. The van der Waals surface area contributed by atoms with Crippen LogP contribution in [0.5, 0.6) is 5.75 Å². The van der Waals surface area contributed by atoms with Crippen molar-refractivity contribution in [2.75, 3.05) is 19.6 Å². The van der Waals surface area contributed by atoms with E-state index in [1.54, 1.807) is 12.3 Å². The van der Waals surface area contributed by atoms with Crippen molar-refractivity contribution in [3.8, 4) is 5.75 Å². The first kappa shape index (κ1) is 23.7. The molecule has 1 aromatic heterocycles. The molecule has 1 aliphatic carbocycles. The molecule has 0 spiro atoms. The highest BCUT2D eigenvalue weighted by Crippen LogP contribution is 2.29. The second-order valence-corrected chi connectivity index (χ2v) is 10.5. The zero-order valence-electron chi connectivity index (χ0n) is 20.1. The Kier molecular flexibility index (Phi) is 7.35. The molecule has 0 radical (unpaired) electrons. The fraction of sp³-hybridized carbons (Fsp3) is 0.556. The average Bonchev–Trinajstić information content (AvgIpc) is 3.41. The van der Waals surface area contributed by atoms with Crippen molar-refractivity contribution in [3.63, 3.8) is 0 Å². The maximum atomic E-state index is 13.0. The maximum absolute atomic E-state index is 13.0. The molecule has 2 atom stereocenters. The fourth-order valence-electron chi connectivity index (χ4n) is 4.98. The third-order valence-corrected chi connectivity index (χ3v) is 6.48. The Hall–Kier alpha value is -2.44. The van der Waals surface area contributed by atoms with Gasteiger partial charge < -0.3 is 20.1 Å². The molecule has 1 saturated heterocycles. The van der Waals surface area contributed by atoms with E-state index in [-0.39, 0.29) is 11.5 Å². The van der Waals surface area contributed by atoms with Crippen LogP contribution in [0.4, 0.5) is 0 Å². The molecule has 2 aliphatic rings. The van der Waals surface area contributed by atoms with Crippen molar-refractivity contribution in [1.29, 1.82) is 0 Å². The van der Waals surface area contributed by atoms with Crippen LogP contribution < -0.4 is 10.1 Å². The second kappa shape index (κ2) is 10.2. The monoisotopic (exact) mass is 451 g/mol. The third-order valence-electron chi connectivity index (χ3n) is 6.48. The molecule has 6 nitrogen and oxygen atoms in total. The first-order valence-electron chi connectivity index (χ1n) is 12.2. The van der Waals surface area contributed by atoms with Gasteiger partial charge in [-0.1, -0.05) is 24.3 Å². The summed E-state index contributed by atoms with van der Waals surface area (Å²) in [6.45, 7) is 8.59. The summed E-state index contributed by atoms with van der Waals surface area (Å²) in [5.74, 6) is 0.988. The number of carbonyl (C=O) groups excluding carboxylic acids is 1. The zero-order valence-corrected chi connectivity index (χ0v) is 20.1. The van der Waals surface area contributed by atoms with E-state index < -0.39 is 12.1 Å². The number of carbonyl (C=O) groups is 1. The zero-order chi connectivity index (χ0) is 23.4. The Morgan fingerprint density at radius 2 is 1.82 bits per heavy atom. The topological polar surface area (TPSA) is 74.7 Å². The Morgan fingerprint density at radius 1 is 1.15 bits per heavy atom. The van der Waals surface area contributed by atoms with Gasteiger partial charge in [0.2, 0.25) is 5.91 Å². The van der Waals surface area contributed by atoms with E-state index in [9.17, 15) is 9.90 Å². The van der Waals surface area contributed by atoms with Crippen molar-refractivity contribution in [1.82, 2.24) is 15.2 Å². The number of aliphatic hydroxyl groups is 1. The van der Waals surface area contributed by atoms with E-state index in [2.05, 4.69) is 39.5 Å². The summed E-state index contributed by atoms with van der Waals surface area (Å²) in [7, 11) is 0. The minimum absolute atomic E-state index is 0.00346. The first-order valence-corrected chi connectivity index (χ1v) is 12.2. The molecule has 0 bridgehead atoms. The highest BCUT2D eigenvalue weighted by Gasteiger charge is 2.29. The molecular weight excluding hydrogens is 414 g/mol. The quantitative estimate of drug-likeness (QED) is 0.641. The smallest absolute Gasteiger partial charge is 0.220 e. The second-order valence-electron chi connectivity index (χ2n) is 10.5. The van der Waals surface area contributed by atoms with Gasteiger partial charge in [-0.05, 0) is 88.7 Å². The van der Waals surface area contributed by atoms with Crippen LogP contribution in [-0.2, 0) is 17.6 Å². The molecule has 2 aromatic rings. The Labute approximate surface area is 197 Å². The van der Waals surface area contributed by atoms with E-state index in [0.717, 1.165) is 38.8 Å². The summed E-state index contributed by atoms with van der Waals surface area (Å²) in [5, 5.41) is 14.3. The summed E-state index contributed by atoms with van der Waals surface area (Å²) < 4.78 is 5.85. The molecule has 1 aromatic carbocycles. The highest BCUT2D eigenvalue weighted by atomic mass is 16.5. The normalized spacial score (nSPS) is 18.7. The van der Waals surface area contributed by atoms with Gasteiger partial charge in [-0.25, -0.2) is 0 Å². The predicted octanol–water partition coefficient (Wildman–Crippen LogP) is 3.68. The van der Waals surface area contributed by atoms with Gasteiger partial charge in [0.1, 0.15) is 17.5 Å². The number of nitrogens with one attached hydrogen (secondary N) is 1. The molecule has 33 heavy (non-hydrogen) atoms. The van der Waals surface area contributed by atoms with Gasteiger partial charge in [0.05, 0.1) is 17.9 Å². The van der Waals surface area contributed by atoms with Crippen molar-refractivity contribution >= 4 is 5.91 Å². The summed E-state index contributed by atoms with van der Waals surface area (Å²) in [4.78, 5) is 19.8. The van der Waals surface area contributed by atoms with Crippen LogP contribution in [0.15, 0.2) is 42.6 Å². The molecule has 1 aliphatic heterocycles. The van der Waals surface area contributed by atoms with Crippen molar-refractivity contribution < 1.29 is 14.6 Å². The largest absolute Gasteiger partial charge is 0.487 e. The number of pyridine rings is 1. The number of nitrogens with zero attached hydrogens (tertiary/aromatic N) is 2. The third kappa shape index (κ3) is 6.55. The summed E-state index contributed by atoms with van der Waals surface area (Å²) >= 11 is 0. The lowest BCUT2D eigenvalue weighted by atomic mass is 10.0. The van der Waals surface area contributed by atoms with E-state index >= 15 is 0 Å². The van der Waals surface area contributed by atoms with E-state index in [1.807, 2.05) is 26.8 Å². The van der Waals surface area contributed by atoms with Crippen LogP contribution in [0.3, 0.4) is 0 Å². The Bertz CT molecular complexity index is 907. The summed E-state index contributed by atoms with van der Waals surface area (Å²) in [6.07, 6.45) is 5.46. The van der Waals surface area contributed by atoms with Crippen LogP contribution in [0.2, 0.25) is 0 Å². The lowest BCUT2D eigenvalue weighted by Crippen LogP contribution is -2.47. The maximum Gasteiger partial charge on any atom is 0.220 e.